The first-order valence-corrected chi connectivity index (χ1v) is 7.17. The van der Waals surface area contributed by atoms with Gasteiger partial charge in [0.05, 0.1) is 5.71 Å². The molecule has 2 fully saturated rings. The summed E-state index contributed by atoms with van der Waals surface area (Å²) >= 11 is 0. The lowest BCUT2D eigenvalue weighted by molar-refractivity contribution is -0.120. The van der Waals surface area contributed by atoms with Crippen molar-refractivity contribution in [3.8, 4) is 0 Å². The van der Waals surface area contributed by atoms with E-state index in [1.807, 2.05) is 13.0 Å². The van der Waals surface area contributed by atoms with Gasteiger partial charge in [-0.15, -0.1) is 0 Å². The number of carbonyl (C=O) groups excluding carboxylic acids is 2. The van der Waals surface area contributed by atoms with Gasteiger partial charge >= 0.3 is 0 Å². The van der Waals surface area contributed by atoms with E-state index in [0.29, 0.717) is 37.0 Å². The van der Waals surface area contributed by atoms with E-state index in [0.717, 1.165) is 12.1 Å². The van der Waals surface area contributed by atoms with Gasteiger partial charge < -0.3 is 0 Å². The molecule has 2 saturated carbocycles. The number of nitrogens with zero attached hydrogens (tertiary/aromatic N) is 1. The Bertz CT molecular complexity index is 584. The van der Waals surface area contributed by atoms with Crippen LogP contribution in [0.4, 0.5) is 0 Å². The first kappa shape index (κ1) is 11.3. The van der Waals surface area contributed by atoms with E-state index in [9.17, 15) is 9.59 Å². The van der Waals surface area contributed by atoms with Crippen molar-refractivity contribution in [1.29, 1.82) is 0 Å². The molecular formula is C16H17NO2. The summed E-state index contributed by atoms with van der Waals surface area (Å²) in [4.78, 5) is 29.0. The Kier molecular flexibility index (Phi) is 2.10. The van der Waals surface area contributed by atoms with Crippen LogP contribution in [0.1, 0.15) is 26.2 Å². The molecule has 4 aliphatic rings. The lowest BCUT2D eigenvalue weighted by Gasteiger charge is -2.35. The van der Waals surface area contributed by atoms with Crippen molar-refractivity contribution in [2.45, 2.75) is 26.2 Å². The molecule has 3 aliphatic carbocycles. The molecule has 4 unspecified atom stereocenters. The third kappa shape index (κ3) is 1.17. The Morgan fingerprint density at radius 2 is 2.37 bits per heavy atom. The zero-order valence-electron chi connectivity index (χ0n) is 11.1. The van der Waals surface area contributed by atoms with Crippen molar-refractivity contribution in [3.63, 3.8) is 0 Å². The minimum Gasteiger partial charge on any atom is -0.299 e. The number of hydrogen-bond donors (Lipinski definition) is 0. The summed E-state index contributed by atoms with van der Waals surface area (Å²) in [7, 11) is 0. The van der Waals surface area contributed by atoms with Crippen LogP contribution in [0.25, 0.3) is 0 Å². The van der Waals surface area contributed by atoms with Crippen LogP contribution in [-0.4, -0.2) is 23.8 Å². The normalized spacial score (nSPS) is 41.9. The second kappa shape index (κ2) is 3.53. The summed E-state index contributed by atoms with van der Waals surface area (Å²) in [6.45, 7) is 2.61. The fourth-order valence-corrected chi connectivity index (χ4v) is 4.69. The smallest absolute Gasteiger partial charge is 0.181 e. The van der Waals surface area contributed by atoms with E-state index in [1.54, 1.807) is 0 Å². The van der Waals surface area contributed by atoms with Gasteiger partial charge in [-0.2, -0.15) is 0 Å². The highest BCUT2D eigenvalue weighted by Gasteiger charge is 2.77. The number of Topliss-reactive ketones (excluding diaryl/α,β-unsaturated/α-hetero) is 2. The van der Waals surface area contributed by atoms with Crippen molar-refractivity contribution in [3.05, 3.63) is 23.8 Å². The molecule has 1 spiro atoms. The van der Waals surface area contributed by atoms with Crippen LogP contribution in [0.5, 0.6) is 0 Å². The van der Waals surface area contributed by atoms with Gasteiger partial charge in [0.2, 0.25) is 0 Å². The molecule has 0 amide bonds. The molecule has 19 heavy (non-hydrogen) atoms. The van der Waals surface area contributed by atoms with Crippen molar-refractivity contribution in [2.24, 2.45) is 28.2 Å². The van der Waals surface area contributed by atoms with Gasteiger partial charge in [-0.3, -0.25) is 14.6 Å². The summed E-state index contributed by atoms with van der Waals surface area (Å²) in [5.74, 6) is 1.20. The molecule has 0 aromatic rings. The fraction of sp³-hybridized carbons (Fsp3) is 0.562. The standard InChI is InChI=1S/C16H17NO2/c1-2-12(18)14-11-8-17-15-13(19)7-9-5-3-4-6-10(9)16(11,14)15/h3-5,10-11,14H,2,6-8H2,1H3. The van der Waals surface area contributed by atoms with Crippen LogP contribution in [-0.2, 0) is 9.59 Å². The molecule has 0 saturated heterocycles. The molecule has 0 N–H and O–H groups in total. The molecule has 0 bridgehead atoms. The Balaban J connectivity index is 1.82. The molecule has 4 rings (SSSR count). The minimum atomic E-state index is -0.209. The number of fused-ring (bicyclic) bond motifs is 1. The van der Waals surface area contributed by atoms with Crippen LogP contribution < -0.4 is 0 Å². The van der Waals surface area contributed by atoms with Crippen LogP contribution >= 0.6 is 0 Å². The number of hydrogen-bond acceptors (Lipinski definition) is 3. The Labute approximate surface area is 112 Å². The molecule has 98 valence electrons. The number of ketones is 2. The average molecular weight is 255 g/mol. The predicted molar refractivity (Wildman–Crippen MR) is 72.0 cm³/mol. The fourth-order valence-electron chi connectivity index (χ4n) is 4.69. The predicted octanol–water partition coefficient (Wildman–Crippen LogP) is 2.13. The van der Waals surface area contributed by atoms with Gasteiger partial charge in [-0.05, 0) is 12.3 Å². The summed E-state index contributed by atoms with van der Waals surface area (Å²) in [6, 6.07) is 0. The third-order valence-corrected chi connectivity index (χ3v) is 5.44. The van der Waals surface area contributed by atoms with E-state index < -0.39 is 0 Å². The summed E-state index contributed by atoms with van der Waals surface area (Å²) in [5.41, 5.74) is 1.77. The highest BCUT2D eigenvalue weighted by Crippen LogP contribution is 2.71. The van der Waals surface area contributed by atoms with E-state index in [1.165, 1.54) is 5.57 Å². The average Bonchev–Trinajstić information content (AvgIpc) is 2.90. The molecule has 3 heteroatoms. The first-order chi connectivity index (χ1) is 9.21. The Morgan fingerprint density at radius 1 is 1.53 bits per heavy atom. The van der Waals surface area contributed by atoms with Crippen molar-refractivity contribution in [2.75, 3.05) is 6.54 Å². The Hall–Kier alpha value is -1.51. The molecule has 0 radical (unpaired) electrons. The van der Waals surface area contributed by atoms with Crippen molar-refractivity contribution in [1.82, 2.24) is 0 Å². The third-order valence-electron chi connectivity index (χ3n) is 5.44. The minimum absolute atomic E-state index is 0.0640. The summed E-state index contributed by atoms with van der Waals surface area (Å²) in [5, 5.41) is 0. The molecule has 1 aliphatic heterocycles. The van der Waals surface area contributed by atoms with Gasteiger partial charge in [0, 0.05) is 36.6 Å². The lowest BCUT2D eigenvalue weighted by Crippen LogP contribution is -2.41. The van der Waals surface area contributed by atoms with E-state index in [2.05, 4.69) is 17.1 Å². The molecule has 0 aromatic heterocycles. The van der Waals surface area contributed by atoms with Crippen molar-refractivity contribution >= 4 is 17.3 Å². The first-order valence-electron chi connectivity index (χ1n) is 7.17. The highest BCUT2D eigenvalue weighted by atomic mass is 16.1. The molecule has 3 nitrogen and oxygen atoms in total. The van der Waals surface area contributed by atoms with Crippen molar-refractivity contribution < 1.29 is 9.59 Å². The largest absolute Gasteiger partial charge is 0.299 e. The number of allylic oxidation sites excluding steroid dienone is 4. The number of aliphatic imine (C=N–C) groups is 1. The second-order valence-corrected chi connectivity index (χ2v) is 6.08. The molecule has 4 atom stereocenters. The number of rotatable bonds is 2. The maximum Gasteiger partial charge on any atom is 0.181 e. The maximum atomic E-state index is 12.3. The van der Waals surface area contributed by atoms with Gasteiger partial charge in [0.25, 0.3) is 0 Å². The SMILES string of the molecule is CCC(=O)C1C2CN=C3C(=O)CC4=CC=CCC4C321. The quantitative estimate of drug-likeness (QED) is 0.758. The van der Waals surface area contributed by atoms with E-state index in [4.69, 9.17) is 0 Å². The van der Waals surface area contributed by atoms with E-state index in [-0.39, 0.29) is 17.1 Å². The Morgan fingerprint density at radius 3 is 3.16 bits per heavy atom. The molecule has 1 heterocycles. The monoisotopic (exact) mass is 255 g/mol. The van der Waals surface area contributed by atoms with Crippen LogP contribution in [0.15, 0.2) is 28.8 Å². The number of carbonyl (C=O) groups is 2. The summed E-state index contributed by atoms with van der Waals surface area (Å²) < 4.78 is 0. The molecular weight excluding hydrogens is 238 g/mol. The zero-order chi connectivity index (χ0) is 13.2. The highest BCUT2D eigenvalue weighted by molar-refractivity contribution is 6.45. The summed E-state index contributed by atoms with van der Waals surface area (Å²) in [6.07, 6.45) is 8.33. The lowest BCUT2D eigenvalue weighted by atomic mass is 9.66. The van der Waals surface area contributed by atoms with Gasteiger partial charge in [-0.25, -0.2) is 0 Å². The van der Waals surface area contributed by atoms with Gasteiger partial charge in [0.15, 0.2) is 5.78 Å². The zero-order valence-corrected chi connectivity index (χ0v) is 11.1. The van der Waals surface area contributed by atoms with Gasteiger partial charge in [-0.1, -0.05) is 30.7 Å². The van der Waals surface area contributed by atoms with Crippen LogP contribution in [0.3, 0.4) is 0 Å². The van der Waals surface area contributed by atoms with Crippen LogP contribution in [0, 0.1) is 23.2 Å². The van der Waals surface area contributed by atoms with Crippen LogP contribution in [0.2, 0.25) is 0 Å². The van der Waals surface area contributed by atoms with Gasteiger partial charge in [0.1, 0.15) is 5.78 Å². The second-order valence-electron chi connectivity index (χ2n) is 6.08. The maximum absolute atomic E-state index is 12.3. The van der Waals surface area contributed by atoms with E-state index >= 15 is 0 Å². The molecule has 0 aromatic carbocycles. The topological polar surface area (TPSA) is 46.5 Å².